The van der Waals surface area contributed by atoms with E-state index in [4.69, 9.17) is 18.9 Å². The number of likely N-dealkylation sites (N-methyl/N-ethyl adjacent to an activating group) is 1. The van der Waals surface area contributed by atoms with Crippen molar-refractivity contribution in [2.24, 2.45) is 0 Å². The summed E-state index contributed by atoms with van der Waals surface area (Å²) in [6.45, 7) is 4.65. The molecule has 102 heavy (non-hydrogen) atoms. The summed E-state index contributed by atoms with van der Waals surface area (Å²) in [5.74, 6) is -2.30. The summed E-state index contributed by atoms with van der Waals surface area (Å²) in [6, 6.07) is 0. The van der Waals surface area contributed by atoms with Gasteiger partial charge >= 0.3 is 11.9 Å². The first-order chi connectivity index (χ1) is 50.1. The van der Waals surface area contributed by atoms with Crippen LogP contribution in [0.1, 0.15) is 380 Å². The number of unbranched alkanes of at least 4 members (excludes halogenated alkanes) is 42. The highest BCUT2D eigenvalue weighted by molar-refractivity contribution is 5.70. The Morgan fingerprint density at radius 2 is 0.559 bits per heavy atom. The highest BCUT2D eigenvalue weighted by Crippen LogP contribution is 2.19. The van der Waals surface area contributed by atoms with Gasteiger partial charge in [-0.15, -0.1) is 0 Å². The molecule has 0 bridgehead atoms. The molecule has 0 aromatic carbocycles. The molecular weight excluding hydrogens is 1260 g/mol. The lowest BCUT2D eigenvalue weighted by atomic mass is 10.0. The van der Waals surface area contributed by atoms with Crippen LogP contribution in [-0.2, 0) is 33.3 Å². The van der Waals surface area contributed by atoms with E-state index in [0.717, 1.165) is 122 Å². The van der Waals surface area contributed by atoms with Gasteiger partial charge in [0.1, 0.15) is 13.2 Å². The molecular formula is C93H161NO8. The van der Waals surface area contributed by atoms with Crippen LogP contribution in [0.3, 0.4) is 0 Å². The van der Waals surface area contributed by atoms with E-state index in [1.165, 1.54) is 225 Å². The Hall–Kier alpha value is -4.57. The van der Waals surface area contributed by atoms with Crippen LogP contribution in [0.25, 0.3) is 0 Å². The van der Waals surface area contributed by atoms with Gasteiger partial charge in [-0.25, -0.2) is 0 Å². The molecule has 2 atom stereocenters. The van der Waals surface area contributed by atoms with E-state index in [9.17, 15) is 19.5 Å². The second-order valence-electron chi connectivity index (χ2n) is 29.8. The molecule has 0 spiro atoms. The van der Waals surface area contributed by atoms with Gasteiger partial charge in [0, 0.05) is 12.8 Å². The lowest BCUT2D eigenvalue weighted by molar-refractivity contribution is -0.870. The number of quaternary nitrogens is 1. The Morgan fingerprint density at radius 3 is 0.833 bits per heavy atom. The van der Waals surface area contributed by atoms with Crippen molar-refractivity contribution in [1.82, 2.24) is 0 Å². The van der Waals surface area contributed by atoms with E-state index in [0.29, 0.717) is 17.4 Å². The Kier molecular flexibility index (Phi) is 78.4. The SMILES string of the molecule is CC/C=C\C/C=C\C/C=C\C/C=C\C/C=C\C/C=C\C/C=C\C/C=C\C/C=C\C/C=C\C/C=C\CCCCCCCC(=O)OC(COC(=O)CCCCCCCCCCCCCCCCCCCCCCCCCCCCCCCCCCCCCCCC)COC(OCC[N+](C)(C)C)C(=O)[O-]. The molecule has 0 aliphatic rings. The molecule has 0 saturated heterocycles. The number of hydrogen-bond donors (Lipinski definition) is 0. The van der Waals surface area contributed by atoms with Crippen LogP contribution < -0.4 is 5.11 Å². The number of allylic oxidation sites excluding steroid dienone is 22. The van der Waals surface area contributed by atoms with E-state index < -0.39 is 24.3 Å². The molecule has 0 aromatic heterocycles. The monoisotopic (exact) mass is 1420 g/mol. The van der Waals surface area contributed by atoms with Crippen LogP contribution in [0, 0.1) is 0 Å². The van der Waals surface area contributed by atoms with Crippen molar-refractivity contribution in [3.63, 3.8) is 0 Å². The first-order valence-electron chi connectivity index (χ1n) is 42.8. The van der Waals surface area contributed by atoms with Crippen molar-refractivity contribution in [2.45, 2.75) is 392 Å². The zero-order valence-electron chi connectivity index (χ0n) is 67.2. The van der Waals surface area contributed by atoms with Gasteiger partial charge in [0.15, 0.2) is 12.4 Å². The maximum Gasteiger partial charge on any atom is 0.306 e. The number of nitrogens with zero attached hydrogens (tertiary/aromatic N) is 1. The maximum absolute atomic E-state index is 13.0. The Bertz CT molecular complexity index is 2150. The van der Waals surface area contributed by atoms with Crippen LogP contribution in [0.5, 0.6) is 0 Å². The normalized spacial score (nSPS) is 13.3. The highest BCUT2D eigenvalue weighted by Gasteiger charge is 2.22. The minimum Gasteiger partial charge on any atom is -0.545 e. The molecule has 2 unspecified atom stereocenters. The molecule has 0 aliphatic heterocycles. The molecule has 0 saturated carbocycles. The first kappa shape index (κ1) is 97.4. The number of rotatable bonds is 79. The molecule has 0 N–H and O–H groups in total. The topological polar surface area (TPSA) is 111 Å². The van der Waals surface area contributed by atoms with Gasteiger partial charge in [-0.1, -0.05) is 404 Å². The molecule has 9 nitrogen and oxygen atoms in total. The predicted molar refractivity (Wildman–Crippen MR) is 439 cm³/mol. The third-order valence-corrected chi connectivity index (χ3v) is 18.7. The minimum atomic E-state index is -1.64. The largest absolute Gasteiger partial charge is 0.545 e. The second kappa shape index (κ2) is 82.1. The summed E-state index contributed by atoms with van der Waals surface area (Å²) in [4.78, 5) is 37.6. The van der Waals surface area contributed by atoms with E-state index in [-0.39, 0.29) is 38.6 Å². The maximum atomic E-state index is 13.0. The van der Waals surface area contributed by atoms with E-state index in [1.54, 1.807) is 0 Å². The molecule has 0 aliphatic carbocycles. The second-order valence-corrected chi connectivity index (χ2v) is 29.8. The fourth-order valence-electron chi connectivity index (χ4n) is 12.2. The predicted octanol–water partition coefficient (Wildman–Crippen LogP) is 26.7. The average molecular weight is 1420 g/mol. The van der Waals surface area contributed by atoms with Crippen molar-refractivity contribution in [3.8, 4) is 0 Å². The molecule has 586 valence electrons. The summed E-state index contributed by atoms with van der Waals surface area (Å²) >= 11 is 0. The van der Waals surface area contributed by atoms with Crippen LogP contribution in [0.2, 0.25) is 0 Å². The quantitative estimate of drug-likeness (QED) is 0.0195. The Labute approximate surface area is 630 Å². The summed E-state index contributed by atoms with van der Waals surface area (Å²) in [6.07, 6.45) is 116. The van der Waals surface area contributed by atoms with Gasteiger partial charge in [-0.2, -0.15) is 0 Å². The molecule has 0 fully saturated rings. The van der Waals surface area contributed by atoms with E-state index in [2.05, 4.69) is 148 Å². The average Bonchev–Trinajstić information content (AvgIpc) is 0.997. The van der Waals surface area contributed by atoms with Gasteiger partial charge in [0.05, 0.1) is 40.3 Å². The smallest absolute Gasteiger partial charge is 0.306 e. The number of aliphatic carboxylic acids is 1. The standard InChI is InChI=1S/C93H161NO8/c1-6-8-10-12-14-16-18-20-22-24-26-28-30-32-34-36-38-40-42-44-46-48-50-52-54-56-58-60-62-64-66-68-70-72-74-76-78-80-82-84-91(96)102-89(88-101-93(92(97)98)99-86-85-94(3,4)5)87-100-90(95)83-81-79-77-75-73-71-69-67-65-63-61-59-57-55-53-51-49-47-45-43-41-39-37-35-33-31-29-27-25-23-21-19-17-15-13-11-9-7-2/h8,10,14,16,20,22,26,28,32,34,38,40,44,46,50,52,56,58,62,64,68,70,89,93H,6-7,9,11-13,15,17-19,21,23-25,27,29-31,33,35-37,39,41-43,45,47-49,51,53-55,57,59-61,63,65-67,69,71-88H2,1-5H3/b10-8-,16-14-,22-20-,28-26-,34-32-,40-38-,46-44-,52-50-,58-56-,64-62-,70-68-. The van der Waals surface area contributed by atoms with Crippen molar-refractivity contribution >= 4 is 17.9 Å². The van der Waals surface area contributed by atoms with Crippen molar-refractivity contribution < 1.29 is 42.9 Å². The van der Waals surface area contributed by atoms with Crippen LogP contribution in [0.4, 0.5) is 0 Å². The van der Waals surface area contributed by atoms with E-state index >= 15 is 0 Å². The summed E-state index contributed by atoms with van der Waals surface area (Å²) in [7, 11) is 5.93. The van der Waals surface area contributed by atoms with Gasteiger partial charge < -0.3 is 33.3 Å². The van der Waals surface area contributed by atoms with E-state index in [1.807, 2.05) is 21.1 Å². The molecule has 0 rings (SSSR count). The van der Waals surface area contributed by atoms with Gasteiger partial charge in [-0.3, -0.25) is 9.59 Å². The van der Waals surface area contributed by atoms with Gasteiger partial charge in [0.2, 0.25) is 0 Å². The van der Waals surface area contributed by atoms with Gasteiger partial charge in [-0.05, 0) is 96.3 Å². The molecule has 0 radical (unpaired) electrons. The Balaban J connectivity index is 4.06. The fraction of sp³-hybridized carbons (Fsp3) is 0.731. The molecule has 0 aromatic rings. The summed E-state index contributed by atoms with van der Waals surface area (Å²) in [5.41, 5.74) is 0. The van der Waals surface area contributed by atoms with Gasteiger partial charge in [0.25, 0.3) is 0 Å². The lowest BCUT2D eigenvalue weighted by Crippen LogP contribution is -2.44. The number of carbonyl (C=O) groups excluding carboxylic acids is 3. The number of carbonyl (C=O) groups is 3. The summed E-state index contributed by atoms with van der Waals surface area (Å²) < 4.78 is 22.9. The zero-order chi connectivity index (χ0) is 73.9. The molecule has 0 amide bonds. The van der Waals surface area contributed by atoms with Crippen LogP contribution in [0.15, 0.2) is 134 Å². The number of esters is 2. The summed E-state index contributed by atoms with van der Waals surface area (Å²) in [5, 5.41) is 11.9. The fourth-order valence-corrected chi connectivity index (χ4v) is 12.2. The number of hydrogen-bond acceptors (Lipinski definition) is 8. The Morgan fingerprint density at radius 1 is 0.304 bits per heavy atom. The third kappa shape index (κ3) is 82.7. The van der Waals surface area contributed by atoms with Crippen LogP contribution in [-0.4, -0.2) is 82.3 Å². The van der Waals surface area contributed by atoms with Crippen molar-refractivity contribution in [2.75, 3.05) is 47.5 Å². The van der Waals surface area contributed by atoms with Crippen molar-refractivity contribution in [3.05, 3.63) is 134 Å². The highest BCUT2D eigenvalue weighted by atomic mass is 16.7. The number of carboxylic acid groups (broad SMARTS) is 1. The first-order valence-corrected chi connectivity index (χ1v) is 42.8. The number of carboxylic acids is 1. The minimum absolute atomic E-state index is 0.139. The lowest BCUT2D eigenvalue weighted by Gasteiger charge is -2.26. The zero-order valence-corrected chi connectivity index (χ0v) is 67.2. The molecule has 9 heteroatoms. The van der Waals surface area contributed by atoms with Crippen molar-refractivity contribution in [1.29, 1.82) is 0 Å². The van der Waals surface area contributed by atoms with Crippen LogP contribution >= 0.6 is 0 Å². The molecule has 0 heterocycles. The third-order valence-electron chi connectivity index (χ3n) is 18.7. The number of ether oxygens (including phenoxy) is 4.